The van der Waals surface area contributed by atoms with Crippen LogP contribution in [0.5, 0.6) is 0 Å². The highest BCUT2D eigenvalue weighted by atomic mass is 79.9. The number of halogens is 1. The molecule has 0 unspecified atom stereocenters. The highest BCUT2D eigenvalue weighted by Crippen LogP contribution is 2.13. The van der Waals surface area contributed by atoms with Gasteiger partial charge in [-0.15, -0.1) is 0 Å². The van der Waals surface area contributed by atoms with Crippen LogP contribution in [0.15, 0.2) is 53.0 Å². The maximum absolute atomic E-state index is 12.1. The Balaban J connectivity index is 1.85. The van der Waals surface area contributed by atoms with Crippen molar-refractivity contribution in [3.63, 3.8) is 0 Å². The standard InChI is InChI=1S/C19H20BrNO3/c1-3-14-6-10-17(11-7-14)21-19(23)13(2)24-18(22)12-15-4-8-16(20)9-5-15/h4-11,13H,3,12H2,1-2H3,(H,21,23)/t13-/m0/s1. The van der Waals surface area contributed by atoms with Crippen molar-refractivity contribution < 1.29 is 14.3 Å². The molecule has 1 amide bonds. The highest BCUT2D eigenvalue weighted by Gasteiger charge is 2.18. The van der Waals surface area contributed by atoms with Crippen molar-refractivity contribution in [3.8, 4) is 0 Å². The Kier molecular flexibility index (Phi) is 6.55. The molecule has 0 aliphatic heterocycles. The van der Waals surface area contributed by atoms with Crippen LogP contribution in [-0.4, -0.2) is 18.0 Å². The lowest BCUT2D eigenvalue weighted by atomic mass is 10.1. The minimum atomic E-state index is -0.848. The van der Waals surface area contributed by atoms with E-state index in [9.17, 15) is 9.59 Å². The molecule has 0 heterocycles. The molecule has 0 spiro atoms. The average Bonchev–Trinajstić information content (AvgIpc) is 2.57. The van der Waals surface area contributed by atoms with Crippen LogP contribution in [0.25, 0.3) is 0 Å². The number of benzene rings is 2. The summed E-state index contributed by atoms with van der Waals surface area (Å²) in [5.41, 5.74) is 2.72. The zero-order valence-electron chi connectivity index (χ0n) is 13.7. The van der Waals surface area contributed by atoms with Crippen molar-refractivity contribution in [1.82, 2.24) is 0 Å². The van der Waals surface area contributed by atoms with Crippen molar-refractivity contribution in [2.45, 2.75) is 32.8 Å². The fraction of sp³-hybridized carbons (Fsp3) is 0.263. The Hall–Kier alpha value is -2.14. The van der Waals surface area contributed by atoms with E-state index >= 15 is 0 Å². The summed E-state index contributed by atoms with van der Waals surface area (Å²) in [7, 11) is 0. The molecule has 0 saturated heterocycles. The van der Waals surface area contributed by atoms with Crippen LogP contribution in [0.1, 0.15) is 25.0 Å². The van der Waals surface area contributed by atoms with Gasteiger partial charge in [0.05, 0.1) is 6.42 Å². The smallest absolute Gasteiger partial charge is 0.311 e. The summed E-state index contributed by atoms with van der Waals surface area (Å²) < 4.78 is 6.15. The van der Waals surface area contributed by atoms with Gasteiger partial charge in [0.2, 0.25) is 0 Å². The van der Waals surface area contributed by atoms with Gasteiger partial charge < -0.3 is 10.1 Å². The first kappa shape index (κ1) is 18.2. The van der Waals surface area contributed by atoms with E-state index in [4.69, 9.17) is 4.74 Å². The Labute approximate surface area is 150 Å². The number of carbonyl (C=O) groups excluding carboxylic acids is 2. The third-order valence-electron chi connectivity index (χ3n) is 3.57. The second-order valence-electron chi connectivity index (χ2n) is 5.48. The van der Waals surface area contributed by atoms with E-state index in [2.05, 4.69) is 28.2 Å². The molecular formula is C19H20BrNO3. The minimum Gasteiger partial charge on any atom is -0.452 e. The average molecular weight is 390 g/mol. The Bertz CT molecular complexity index is 696. The van der Waals surface area contributed by atoms with E-state index in [1.807, 2.05) is 48.5 Å². The molecule has 0 aliphatic carbocycles. The van der Waals surface area contributed by atoms with Crippen LogP contribution >= 0.6 is 15.9 Å². The van der Waals surface area contributed by atoms with E-state index in [0.29, 0.717) is 5.69 Å². The molecule has 126 valence electrons. The molecule has 1 atom stereocenters. The molecule has 0 bridgehead atoms. The van der Waals surface area contributed by atoms with E-state index < -0.39 is 12.1 Å². The van der Waals surface area contributed by atoms with Crippen LogP contribution in [0, 0.1) is 0 Å². The number of carbonyl (C=O) groups is 2. The Morgan fingerprint density at radius 1 is 1.04 bits per heavy atom. The summed E-state index contributed by atoms with van der Waals surface area (Å²) in [5, 5.41) is 2.75. The summed E-state index contributed by atoms with van der Waals surface area (Å²) >= 11 is 3.34. The predicted octanol–water partition coefficient (Wildman–Crippen LogP) is 4.12. The van der Waals surface area contributed by atoms with E-state index in [0.717, 1.165) is 16.5 Å². The number of anilines is 1. The van der Waals surface area contributed by atoms with Gasteiger partial charge in [-0.05, 0) is 48.7 Å². The van der Waals surface area contributed by atoms with Crippen LogP contribution in [0.2, 0.25) is 0 Å². The van der Waals surface area contributed by atoms with Gasteiger partial charge in [0.25, 0.3) is 5.91 Å². The molecule has 0 radical (unpaired) electrons. The molecular weight excluding hydrogens is 370 g/mol. The molecule has 0 aromatic heterocycles. The van der Waals surface area contributed by atoms with Crippen LogP contribution in [0.4, 0.5) is 5.69 Å². The summed E-state index contributed by atoms with van der Waals surface area (Å²) in [6.45, 7) is 3.63. The summed E-state index contributed by atoms with van der Waals surface area (Å²) in [4.78, 5) is 24.0. The van der Waals surface area contributed by atoms with Gasteiger partial charge in [0, 0.05) is 10.2 Å². The van der Waals surface area contributed by atoms with Gasteiger partial charge in [-0.2, -0.15) is 0 Å². The number of nitrogens with one attached hydrogen (secondary N) is 1. The SMILES string of the molecule is CCc1ccc(NC(=O)[C@H](C)OC(=O)Cc2ccc(Br)cc2)cc1. The second-order valence-corrected chi connectivity index (χ2v) is 6.39. The van der Waals surface area contributed by atoms with Crippen LogP contribution in [-0.2, 0) is 27.2 Å². The minimum absolute atomic E-state index is 0.135. The molecule has 24 heavy (non-hydrogen) atoms. The zero-order chi connectivity index (χ0) is 17.5. The molecule has 2 aromatic rings. The molecule has 0 aliphatic rings. The predicted molar refractivity (Wildman–Crippen MR) is 97.8 cm³/mol. The summed E-state index contributed by atoms with van der Waals surface area (Å²) in [6, 6.07) is 15.0. The number of hydrogen-bond acceptors (Lipinski definition) is 3. The zero-order valence-corrected chi connectivity index (χ0v) is 15.3. The molecule has 1 N–H and O–H groups in total. The first-order valence-corrected chi connectivity index (χ1v) is 8.61. The third-order valence-corrected chi connectivity index (χ3v) is 4.10. The third kappa shape index (κ3) is 5.49. The van der Waals surface area contributed by atoms with E-state index in [1.54, 1.807) is 6.92 Å². The number of ether oxygens (including phenoxy) is 1. The van der Waals surface area contributed by atoms with Crippen molar-refractivity contribution in [2.24, 2.45) is 0 Å². The Morgan fingerprint density at radius 3 is 2.21 bits per heavy atom. The van der Waals surface area contributed by atoms with Gasteiger partial charge in [-0.3, -0.25) is 9.59 Å². The lowest BCUT2D eigenvalue weighted by molar-refractivity contribution is -0.152. The molecule has 5 heteroatoms. The lowest BCUT2D eigenvalue weighted by Gasteiger charge is -2.14. The second kappa shape index (κ2) is 8.64. The molecule has 2 rings (SSSR count). The fourth-order valence-corrected chi connectivity index (χ4v) is 2.39. The topological polar surface area (TPSA) is 55.4 Å². The molecule has 0 saturated carbocycles. The lowest BCUT2D eigenvalue weighted by Crippen LogP contribution is -2.30. The number of esters is 1. The van der Waals surface area contributed by atoms with Crippen molar-refractivity contribution in [2.75, 3.05) is 5.32 Å². The fourth-order valence-electron chi connectivity index (χ4n) is 2.13. The van der Waals surface area contributed by atoms with Crippen molar-refractivity contribution in [3.05, 3.63) is 64.1 Å². The van der Waals surface area contributed by atoms with Gasteiger partial charge >= 0.3 is 5.97 Å². The number of aryl methyl sites for hydroxylation is 1. The number of hydrogen-bond donors (Lipinski definition) is 1. The maximum atomic E-state index is 12.1. The summed E-state index contributed by atoms with van der Waals surface area (Å²) in [6.07, 6.45) is 0.229. The Morgan fingerprint density at radius 2 is 1.62 bits per heavy atom. The molecule has 4 nitrogen and oxygen atoms in total. The van der Waals surface area contributed by atoms with E-state index in [1.165, 1.54) is 5.56 Å². The molecule has 0 fully saturated rings. The van der Waals surface area contributed by atoms with Crippen molar-refractivity contribution in [1.29, 1.82) is 0 Å². The van der Waals surface area contributed by atoms with Crippen LogP contribution in [0.3, 0.4) is 0 Å². The largest absolute Gasteiger partial charge is 0.452 e. The molecule has 2 aromatic carbocycles. The highest BCUT2D eigenvalue weighted by molar-refractivity contribution is 9.10. The first-order chi connectivity index (χ1) is 11.5. The van der Waals surface area contributed by atoms with Crippen molar-refractivity contribution >= 4 is 33.5 Å². The van der Waals surface area contributed by atoms with Gasteiger partial charge in [0.15, 0.2) is 6.10 Å². The first-order valence-electron chi connectivity index (χ1n) is 7.81. The number of amides is 1. The van der Waals surface area contributed by atoms with E-state index in [-0.39, 0.29) is 12.3 Å². The van der Waals surface area contributed by atoms with Gasteiger partial charge in [-0.25, -0.2) is 0 Å². The normalized spacial score (nSPS) is 11.6. The summed E-state index contributed by atoms with van der Waals surface area (Å²) in [5.74, 6) is -0.773. The number of rotatable bonds is 6. The van der Waals surface area contributed by atoms with Crippen LogP contribution < -0.4 is 5.32 Å². The quantitative estimate of drug-likeness (QED) is 0.755. The van der Waals surface area contributed by atoms with Gasteiger partial charge in [0.1, 0.15) is 0 Å². The monoisotopic (exact) mass is 389 g/mol. The van der Waals surface area contributed by atoms with Gasteiger partial charge in [-0.1, -0.05) is 47.1 Å². The maximum Gasteiger partial charge on any atom is 0.311 e.